The lowest BCUT2D eigenvalue weighted by atomic mass is 10.1. The van der Waals surface area contributed by atoms with Crippen molar-refractivity contribution >= 4 is 62.9 Å². The number of carbonyl (C=O) groups is 1. The van der Waals surface area contributed by atoms with Crippen molar-refractivity contribution in [2.24, 2.45) is 0 Å². The quantitative estimate of drug-likeness (QED) is 0.244. The number of rotatable bonds is 7. The number of carbonyl (C=O) groups excluding carboxylic acids is 1. The summed E-state index contributed by atoms with van der Waals surface area (Å²) in [5, 5.41) is 11.0. The summed E-state index contributed by atoms with van der Waals surface area (Å²) >= 11 is 12.8. The van der Waals surface area contributed by atoms with E-state index in [1.54, 1.807) is 24.3 Å². The van der Waals surface area contributed by atoms with Crippen LogP contribution in [0.4, 0.5) is 30.1 Å². The van der Waals surface area contributed by atoms with Crippen molar-refractivity contribution in [3.63, 3.8) is 0 Å². The van der Waals surface area contributed by atoms with Gasteiger partial charge in [-0.3, -0.25) is 4.79 Å². The maximum absolute atomic E-state index is 12.6. The van der Waals surface area contributed by atoms with Crippen LogP contribution in [0.15, 0.2) is 30.6 Å². The van der Waals surface area contributed by atoms with E-state index < -0.39 is 22.7 Å². The van der Waals surface area contributed by atoms with E-state index in [0.29, 0.717) is 44.2 Å². The number of hydrogen-bond donors (Lipinski definition) is 3. The molecule has 0 aliphatic heterocycles. The van der Waals surface area contributed by atoms with Gasteiger partial charge in [-0.05, 0) is 18.2 Å². The number of benzene rings is 1. The molecule has 0 radical (unpaired) electrons. The number of ketones is 1. The Morgan fingerprint density at radius 3 is 2.64 bits per heavy atom. The normalized spacial score (nSPS) is 11.7. The maximum Gasteiger partial charge on any atom is 0.455 e. The highest BCUT2D eigenvalue weighted by Gasteiger charge is 2.42. The second kappa shape index (κ2) is 9.00. The number of fused-ring (bicyclic) bond motifs is 1. The molecule has 0 saturated carbocycles. The molecule has 0 aliphatic rings. The number of halogens is 5. The number of nitrogen functional groups attached to an aromatic ring is 1. The number of anilines is 3. The molecule has 4 rings (SSSR count). The molecule has 172 valence electrons. The van der Waals surface area contributed by atoms with Gasteiger partial charge in [0.1, 0.15) is 17.0 Å². The summed E-state index contributed by atoms with van der Waals surface area (Å²) in [6.07, 6.45) is -3.66. The average Bonchev–Trinajstić information content (AvgIpc) is 3.36. The van der Waals surface area contributed by atoms with Gasteiger partial charge in [-0.25, -0.2) is 15.0 Å². The van der Waals surface area contributed by atoms with Gasteiger partial charge < -0.3 is 16.4 Å². The van der Waals surface area contributed by atoms with Crippen LogP contribution in [-0.4, -0.2) is 49.6 Å². The third-order valence-corrected chi connectivity index (χ3v) is 5.85. The van der Waals surface area contributed by atoms with E-state index in [4.69, 9.17) is 28.9 Å². The third kappa shape index (κ3) is 4.94. The number of hydrogen-bond acceptors (Lipinski definition) is 9. The Labute approximate surface area is 197 Å². The molecule has 3 heterocycles. The lowest BCUT2D eigenvalue weighted by molar-refractivity contribution is -0.0882. The molecule has 3 aromatic heterocycles. The molecule has 0 fully saturated rings. The van der Waals surface area contributed by atoms with Crippen LogP contribution >= 0.6 is 34.5 Å². The number of aromatic nitrogens is 5. The molecule has 0 spiro atoms. The van der Waals surface area contributed by atoms with Crippen LogP contribution in [-0.2, 0) is 0 Å². The summed E-state index contributed by atoms with van der Waals surface area (Å²) in [5.74, 6) is -2.14. The van der Waals surface area contributed by atoms with Gasteiger partial charge in [0, 0.05) is 29.7 Å². The Morgan fingerprint density at radius 2 is 1.91 bits per heavy atom. The summed E-state index contributed by atoms with van der Waals surface area (Å²) in [4.78, 5) is 23.2. The number of nitrogens with zero attached hydrogens (tertiary/aromatic N) is 5. The zero-order valence-electron chi connectivity index (χ0n) is 16.3. The van der Waals surface area contributed by atoms with Crippen LogP contribution in [0.5, 0.6) is 0 Å². The Kier molecular flexibility index (Phi) is 6.28. The minimum absolute atomic E-state index is 0.0856. The fraction of sp³-hybridized carbons (Fsp3) is 0.167. The van der Waals surface area contributed by atoms with Crippen molar-refractivity contribution in [3.05, 3.63) is 45.5 Å². The van der Waals surface area contributed by atoms with Crippen molar-refractivity contribution in [3.8, 4) is 11.3 Å². The van der Waals surface area contributed by atoms with Gasteiger partial charge in [0.25, 0.3) is 5.78 Å². The minimum Gasteiger partial charge on any atom is -0.382 e. The van der Waals surface area contributed by atoms with E-state index in [-0.39, 0.29) is 18.2 Å². The van der Waals surface area contributed by atoms with Gasteiger partial charge in [-0.1, -0.05) is 34.5 Å². The molecule has 0 bridgehead atoms. The second-order valence-corrected chi connectivity index (χ2v) is 8.38. The Morgan fingerprint density at radius 1 is 1.15 bits per heavy atom. The van der Waals surface area contributed by atoms with Crippen molar-refractivity contribution in [1.29, 1.82) is 0 Å². The van der Waals surface area contributed by atoms with Crippen LogP contribution in [0, 0.1) is 0 Å². The first-order chi connectivity index (χ1) is 15.6. The Balaban J connectivity index is 1.47. The van der Waals surface area contributed by atoms with Crippen LogP contribution in [0.2, 0.25) is 10.0 Å². The van der Waals surface area contributed by atoms with E-state index in [0.717, 1.165) is 0 Å². The number of thiazole rings is 1. The van der Waals surface area contributed by atoms with E-state index in [2.05, 4.69) is 30.7 Å². The molecule has 0 atom stereocenters. The highest BCUT2D eigenvalue weighted by molar-refractivity contribution is 7.18. The standard InChI is InChI=1S/C18H13Cl2F3N8OS/c19-8-1-2-9(10(20)5-8)11-6-12-27-7-28-31(12)16(29-11)25-3-4-26-17-30-15(24)13(33-17)14(32)18(21,22)23/h1-2,5-7H,3-4,24H2,(H,25,29)(H,26,30). The van der Waals surface area contributed by atoms with Gasteiger partial charge in [0.2, 0.25) is 5.95 Å². The van der Waals surface area contributed by atoms with E-state index in [1.165, 1.54) is 10.8 Å². The van der Waals surface area contributed by atoms with Gasteiger partial charge in [-0.2, -0.15) is 22.8 Å². The largest absolute Gasteiger partial charge is 0.455 e. The molecule has 33 heavy (non-hydrogen) atoms. The Bertz CT molecular complexity index is 1340. The topological polar surface area (TPSA) is 123 Å². The molecule has 0 unspecified atom stereocenters. The molecule has 0 amide bonds. The monoisotopic (exact) mass is 516 g/mol. The van der Waals surface area contributed by atoms with E-state index in [1.807, 2.05) is 0 Å². The molecule has 1 aromatic carbocycles. The van der Waals surface area contributed by atoms with Gasteiger partial charge in [0.05, 0.1) is 10.7 Å². The zero-order chi connectivity index (χ0) is 23.8. The molecule has 0 saturated heterocycles. The number of nitrogens with two attached hydrogens (primary N) is 1. The predicted octanol–water partition coefficient (Wildman–Crippen LogP) is 4.41. The lowest BCUT2D eigenvalue weighted by Crippen LogP contribution is -2.22. The molecule has 0 aliphatic carbocycles. The third-order valence-electron chi connectivity index (χ3n) is 4.28. The van der Waals surface area contributed by atoms with Gasteiger partial charge in [-0.15, -0.1) is 0 Å². The van der Waals surface area contributed by atoms with Gasteiger partial charge >= 0.3 is 6.18 Å². The summed E-state index contributed by atoms with van der Waals surface area (Å²) in [7, 11) is 0. The molecule has 4 N–H and O–H groups in total. The zero-order valence-corrected chi connectivity index (χ0v) is 18.6. The minimum atomic E-state index is -5.02. The van der Waals surface area contributed by atoms with E-state index in [9.17, 15) is 18.0 Å². The summed E-state index contributed by atoms with van der Waals surface area (Å²) < 4.78 is 39.4. The summed E-state index contributed by atoms with van der Waals surface area (Å²) in [5.41, 5.74) is 7.16. The van der Waals surface area contributed by atoms with Crippen molar-refractivity contribution < 1.29 is 18.0 Å². The van der Waals surface area contributed by atoms with Gasteiger partial charge in [0.15, 0.2) is 10.8 Å². The van der Waals surface area contributed by atoms with Crippen molar-refractivity contribution in [2.75, 3.05) is 29.5 Å². The Hall–Kier alpha value is -3.16. The highest BCUT2D eigenvalue weighted by Crippen LogP contribution is 2.32. The van der Waals surface area contributed by atoms with Crippen LogP contribution in [0.3, 0.4) is 0 Å². The van der Waals surface area contributed by atoms with Crippen molar-refractivity contribution in [2.45, 2.75) is 6.18 Å². The fourth-order valence-corrected chi connectivity index (χ4v) is 4.20. The first-order valence-corrected chi connectivity index (χ1v) is 10.7. The molecule has 9 nitrogen and oxygen atoms in total. The molecule has 15 heteroatoms. The number of Topliss-reactive ketones (excluding diaryl/α,β-unsaturated/α-hetero) is 1. The maximum atomic E-state index is 12.6. The SMILES string of the molecule is Nc1nc(NCCNc2nc(-c3ccc(Cl)cc3Cl)cc3ncnn23)sc1C(=O)C(F)(F)F. The average molecular weight is 517 g/mol. The first kappa shape index (κ1) is 23.0. The lowest BCUT2D eigenvalue weighted by Gasteiger charge is -2.11. The summed E-state index contributed by atoms with van der Waals surface area (Å²) in [6.45, 7) is 0.512. The molecular weight excluding hydrogens is 504 g/mol. The highest BCUT2D eigenvalue weighted by atomic mass is 35.5. The fourth-order valence-electron chi connectivity index (χ4n) is 2.82. The number of nitrogens with one attached hydrogen (secondary N) is 2. The van der Waals surface area contributed by atoms with Crippen LogP contribution in [0.25, 0.3) is 16.9 Å². The van der Waals surface area contributed by atoms with Crippen molar-refractivity contribution in [1.82, 2.24) is 24.6 Å². The number of alkyl halides is 3. The predicted molar refractivity (Wildman–Crippen MR) is 120 cm³/mol. The first-order valence-electron chi connectivity index (χ1n) is 9.15. The molecular formula is C18H13Cl2F3N8OS. The van der Waals surface area contributed by atoms with E-state index >= 15 is 0 Å². The van der Waals surface area contributed by atoms with Crippen LogP contribution < -0.4 is 16.4 Å². The van der Waals surface area contributed by atoms with Crippen LogP contribution in [0.1, 0.15) is 9.67 Å². The molecule has 4 aromatic rings. The smallest absolute Gasteiger partial charge is 0.382 e. The summed E-state index contributed by atoms with van der Waals surface area (Å²) in [6, 6.07) is 6.73. The second-order valence-electron chi connectivity index (χ2n) is 6.53.